The van der Waals surface area contributed by atoms with Crippen molar-refractivity contribution >= 4 is 17.9 Å². The summed E-state index contributed by atoms with van der Waals surface area (Å²) in [6.07, 6.45) is 1.51. The van der Waals surface area contributed by atoms with Gasteiger partial charge in [0.1, 0.15) is 0 Å². The van der Waals surface area contributed by atoms with Gasteiger partial charge in [-0.05, 0) is 6.92 Å². The van der Waals surface area contributed by atoms with E-state index in [2.05, 4.69) is 0 Å². The molecule has 0 radical (unpaired) electrons. The summed E-state index contributed by atoms with van der Waals surface area (Å²) in [6, 6.07) is 0.874. The molecule has 0 saturated carbocycles. The van der Waals surface area contributed by atoms with Crippen molar-refractivity contribution in [2.45, 2.75) is 19.4 Å². The van der Waals surface area contributed by atoms with Crippen molar-refractivity contribution in [1.82, 2.24) is 10.2 Å². The van der Waals surface area contributed by atoms with Gasteiger partial charge in [-0.15, -0.1) is 0 Å². The zero-order chi connectivity index (χ0) is 13.4. The number of nitrogens with one attached hydrogen (secondary N) is 1. The number of urea groups is 1. The number of rotatable bonds is 4. The second-order valence-corrected chi connectivity index (χ2v) is 3.29. The fourth-order valence-corrected chi connectivity index (χ4v) is 0.851. The van der Waals surface area contributed by atoms with E-state index in [-0.39, 0.29) is 12.5 Å². The fourth-order valence-electron chi connectivity index (χ4n) is 0.851. The molecule has 1 unspecified atom stereocenters. The molecule has 2 N–H and O–H groups in total. The van der Waals surface area contributed by atoms with Gasteiger partial charge in [-0.3, -0.25) is 10.1 Å². The van der Waals surface area contributed by atoms with Gasteiger partial charge in [-0.25, -0.2) is 9.59 Å². The topological polar surface area (TPSA) is 111 Å². The first-order valence-electron chi connectivity index (χ1n) is 4.74. The lowest BCUT2D eigenvalue weighted by molar-refractivity contribution is -0.131. The van der Waals surface area contributed by atoms with Crippen LogP contribution < -0.4 is 5.32 Å². The summed E-state index contributed by atoms with van der Waals surface area (Å²) in [5, 5.41) is 18.7. The molecule has 0 aromatic rings. The molecule has 0 spiro atoms. The Labute approximate surface area is 98.3 Å². The van der Waals surface area contributed by atoms with E-state index in [1.54, 1.807) is 6.92 Å². The molecule has 0 fully saturated rings. The predicted molar refractivity (Wildman–Crippen MR) is 57.8 cm³/mol. The van der Waals surface area contributed by atoms with E-state index in [1.807, 2.05) is 11.4 Å². The van der Waals surface area contributed by atoms with Gasteiger partial charge >= 0.3 is 12.0 Å². The molecule has 0 saturated heterocycles. The van der Waals surface area contributed by atoms with Crippen molar-refractivity contribution in [3.05, 3.63) is 12.2 Å². The first-order valence-corrected chi connectivity index (χ1v) is 4.74. The van der Waals surface area contributed by atoms with Crippen LogP contribution in [-0.2, 0) is 9.59 Å². The van der Waals surface area contributed by atoms with Crippen molar-refractivity contribution in [2.24, 2.45) is 0 Å². The molecule has 3 amide bonds. The minimum Gasteiger partial charge on any atom is -0.478 e. The number of hydrogen-bond acceptors (Lipinski definition) is 4. The van der Waals surface area contributed by atoms with Gasteiger partial charge in [0.25, 0.3) is 5.91 Å². The Kier molecular flexibility index (Phi) is 6.03. The van der Waals surface area contributed by atoms with Gasteiger partial charge in [0, 0.05) is 25.2 Å². The van der Waals surface area contributed by atoms with Gasteiger partial charge < -0.3 is 10.0 Å². The molecule has 7 heteroatoms. The lowest BCUT2D eigenvalue weighted by Crippen LogP contribution is -2.44. The van der Waals surface area contributed by atoms with Crippen LogP contribution in [0.3, 0.4) is 0 Å². The molecule has 7 nitrogen and oxygen atoms in total. The minimum absolute atomic E-state index is 0.142. The van der Waals surface area contributed by atoms with Crippen LogP contribution in [0, 0.1) is 11.3 Å². The zero-order valence-electron chi connectivity index (χ0n) is 9.51. The third-order valence-electron chi connectivity index (χ3n) is 1.98. The van der Waals surface area contributed by atoms with E-state index in [0.717, 1.165) is 6.08 Å². The molecule has 0 bridgehead atoms. The summed E-state index contributed by atoms with van der Waals surface area (Å²) < 4.78 is 0. The van der Waals surface area contributed by atoms with E-state index in [1.165, 1.54) is 11.9 Å². The molecule has 17 heavy (non-hydrogen) atoms. The van der Waals surface area contributed by atoms with E-state index >= 15 is 0 Å². The van der Waals surface area contributed by atoms with Crippen molar-refractivity contribution in [2.75, 3.05) is 7.05 Å². The molecule has 0 aliphatic carbocycles. The summed E-state index contributed by atoms with van der Waals surface area (Å²) in [5.41, 5.74) is 0. The summed E-state index contributed by atoms with van der Waals surface area (Å²) in [7, 11) is 1.44. The molecule has 92 valence electrons. The minimum atomic E-state index is -1.28. The third kappa shape index (κ3) is 5.94. The lowest BCUT2D eigenvalue weighted by Gasteiger charge is -2.22. The fraction of sp³-hybridized carbons (Fsp3) is 0.400. The summed E-state index contributed by atoms with van der Waals surface area (Å²) >= 11 is 0. The zero-order valence-corrected chi connectivity index (χ0v) is 9.51. The summed E-state index contributed by atoms with van der Waals surface area (Å²) in [6.45, 7) is 1.65. The van der Waals surface area contributed by atoms with Crippen LogP contribution in [0.4, 0.5) is 4.79 Å². The van der Waals surface area contributed by atoms with Gasteiger partial charge in [-0.1, -0.05) is 0 Å². The Morgan fingerprint density at radius 1 is 1.47 bits per heavy atom. The van der Waals surface area contributed by atoms with Crippen molar-refractivity contribution < 1.29 is 19.5 Å². The van der Waals surface area contributed by atoms with Crippen molar-refractivity contribution in [3.63, 3.8) is 0 Å². The molecule has 0 aliphatic rings. The number of amides is 3. The molecular formula is C10H13N3O4. The number of carboxylic acid groups (broad SMARTS) is 1. The molecule has 0 aromatic heterocycles. The Morgan fingerprint density at radius 2 is 2.06 bits per heavy atom. The van der Waals surface area contributed by atoms with Crippen LogP contribution >= 0.6 is 0 Å². The quantitative estimate of drug-likeness (QED) is 0.676. The van der Waals surface area contributed by atoms with Gasteiger partial charge in [-0.2, -0.15) is 5.26 Å². The highest BCUT2D eigenvalue weighted by Crippen LogP contribution is 1.99. The maximum Gasteiger partial charge on any atom is 0.328 e. The average Bonchev–Trinajstić information content (AvgIpc) is 2.25. The predicted octanol–water partition coefficient (Wildman–Crippen LogP) is 0.0974. The molecule has 0 aliphatic heterocycles. The number of hydrogen-bond donors (Lipinski definition) is 2. The third-order valence-corrected chi connectivity index (χ3v) is 1.98. The second kappa shape index (κ2) is 7.00. The molecular weight excluding hydrogens is 226 g/mol. The van der Waals surface area contributed by atoms with E-state index in [4.69, 9.17) is 10.4 Å². The largest absolute Gasteiger partial charge is 0.478 e. The van der Waals surface area contributed by atoms with Crippen molar-refractivity contribution in [3.8, 4) is 6.07 Å². The normalized spacial score (nSPS) is 11.6. The highest BCUT2D eigenvalue weighted by molar-refractivity contribution is 6.02. The maximum atomic E-state index is 11.4. The monoisotopic (exact) mass is 239 g/mol. The number of carbonyl (C=O) groups is 3. The molecule has 1 atom stereocenters. The van der Waals surface area contributed by atoms with Gasteiger partial charge in [0.15, 0.2) is 0 Å². The van der Waals surface area contributed by atoms with E-state index < -0.39 is 17.9 Å². The Hall–Kier alpha value is -2.36. The van der Waals surface area contributed by atoms with Crippen LogP contribution in [-0.4, -0.2) is 41.0 Å². The number of carboxylic acids is 1. The Balaban J connectivity index is 4.31. The molecule has 0 heterocycles. The molecule has 0 aromatic carbocycles. The highest BCUT2D eigenvalue weighted by atomic mass is 16.4. The average molecular weight is 239 g/mol. The lowest BCUT2D eigenvalue weighted by atomic mass is 10.2. The van der Waals surface area contributed by atoms with Crippen LogP contribution in [0.15, 0.2) is 12.2 Å². The molecule has 0 rings (SSSR count). The van der Waals surface area contributed by atoms with Gasteiger partial charge in [0.05, 0.1) is 12.5 Å². The first-order chi connectivity index (χ1) is 7.88. The second-order valence-electron chi connectivity index (χ2n) is 3.29. The van der Waals surface area contributed by atoms with Crippen LogP contribution in [0.2, 0.25) is 0 Å². The van der Waals surface area contributed by atoms with Gasteiger partial charge in [0.2, 0.25) is 0 Å². The Morgan fingerprint density at radius 3 is 2.53 bits per heavy atom. The Bertz CT molecular complexity index is 384. The highest BCUT2D eigenvalue weighted by Gasteiger charge is 2.16. The maximum absolute atomic E-state index is 11.4. The summed E-state index contributed by atoms with van der Waals surface area (Å²) in [4.78, 5) is 33.8. The smallest absolute Gasteiger partial charge is 0.328 e. The number of aliphatic carboxylic acids is 1. The number of nitrogens with zero attached hydrogens (tertiary/aromatic N) is 2. The summed E-state index contributed by atoms with van der Waals surface area (Å²) in [5.74, 6) is -2.10. The van der Waals surface area contributed by atoms with Crippen LogP contribution in [0.25, 0.3) is 0 Å². The standard InChI is InChI=1S/C10H13N3O4/c1-7(5-6-11)13(2)10(17)12-8(14)3-4-9(15)16/h3-4,7H,5H2,1-2H3,(H,15,16)(H,12,14,17)/b4-3+. The SMILES string of the molecule is CC(CC#N)N(C)C(=O)NC(=O)/C=C/C(=O)O. The van der Waals surface area contributed by atoms with Crippen LogP contribution in [0.1, 0.15) is 13.3 Å². The number of imide groups is 1. The van der Waals surface area contributed by atoms with Crippen molar-refractivity contribution in [1.29, 1.82) is 5.26 Å². The first kappa shape index (κ1) is 14.6. The number of nitriles is 1. The van der Waals surface area contributed by atoms with E-state index in [0.29, 0.717) is 6.08 Å². The number of carbonyl (C=O) groups excluding carboxylic acids is 2. The van der Waals surface area contributed by atoms with Crippen LogP contribution in [0.5, 0.6) is 0 Å². The van der Waals surface area contributed by atoms with E-state index in [9.17, 15) is 14.4 Å².